The molecule has 1 N–H and O–H groups in total. The maximum absolute atomic E-state index is 12.7. The SMILES string of the molecule is O=CCc1csc(-c2ccc(F)cc2)c1O. The van der Waals surface area contributed by atoms with E-state index in [-0.39, 0.29) is 18.0 Å². The fraction of sp³-hybridized carbons (Fsp3) is 0.0833. The summed E-state index contributed by atoms with van der Waals surface area (Å²) >= 11 is 1.34. The van der Waals surface area contributed by atoms with Crippen LogP contribution in [0, 0.1) is 5.82 Å². The molecule has 2 rings (SSSR count). The fourth-order valence-electron chi connectivity index (χ4n) is 1.43. The lowest BCUT2D eigenvalue weighted by Gasteiger charge is -1.99. The summed E-state index contributed by atoms with van der Waals surface area (Å²) in [6.07, 6.45) is 0.944. The van der Waals surface area contributed by atoms with Crippen molar-refractivity contribution >= 4 is 17.6 Å². The van der Waals surface area contributed by atoms with Crippen LogP contribution in [0.15, 0.2) is 29.6 Å². The Kier molecular flexibility index (Phi) is 3.01. The van der Waals surface area contributed by atoms with Gasteiger partial charge in [-0.3, -0.25) is 0 Å². The van der Waals surface area contributed by atoms with E-state index < -0.39 is 0 Å². The molecule has 4 heteroatoms. The second-order valence-corrected chi connectivity index (χ2v) is 4.20. The number of hydrogen-bond acceptors (Lipinski definition) is 3. The highest BCUT2D eigenvalue weighted by atomic mass is 32.1. The average molecular weight is 236 g/mol. The summed E-state index contributed by atoms with van der Waals surface area (Å²) in [5.41, 5.74) is 1.36. The van der Waals surface area contributed by atoms with Crippen LogP contribution in [0.1, 0.15) is 5.56 Å². The van der Waals surface area contributed by atoms with Crippen LogP contribution < -0.4 is 0 Å². The molecule has 0 atom stereocenters. The molecule has 1 aromatic carbocycles. The van der Waals surface area contributed by atoms with Crippen LogP contribution in [0.2, 0.25) is 0 Å². The monoisotopic (exact) mass is 236 g/mol. The van der Waals surface area contributed by atoms with Crippen LogP contribution in [0.5, 0.6) is 5.75 Å². The van der Waals surface area contributed by atoms with Crippen molar-refractivity contribution in [1.82, 2.24) is 0 Å². The first-order chi connectivity index (χ1) is 7.72. The summed E-state index contributed by atoms with van der Waals surface area (Å²) in [6, 6.07) is 5.89. The zero-order valence-corrected chi connectivity index (χ0v) is 9.13. The summed E-state index contributed by atoms with van der Waals surface area (Å²) < 4.78 is 12.7. The Hall–Kier alpha value is -1.68. The molecule has 0 bridgehead atoms. The minimum absolute atomic E-state index is 0.115. The second kappa shape index (κ2) is 4.45. The van der Waals surface area contributed by atoms with Crippen molar-refractivity contribution in [2.45, 2.75) is 6.42 Å². The summed E-state index contributed by atoms with van der Waals surface area (Å²) in [4.78, 5) is 11.0. The van der Waals surface area contributed by atoms with Gasteiger partial charge in [-0.25, -0.2) is 4.39 Å². The third-order valence-electron chi connectivity index (χ3n) is 2.25. The molecule has 2 aromatic rings. The molecule has 0 fully saturated rings. The fourth-order valence-corrected chi connectivity index (χ4v) is 2.41. The van der Waals surface area contributed by atoms with Gasteiger partial charge in [-0.15, -0.1) is 11.3 Å². The number of halogens is 1. The molecule has 2 nitrogen and oxygen atoms in total. The van der Waals surface area contributed by atoms with Gasteiger partial charge in [0.15, 0.2) is 0 Å². The number of carbonyl (C=O) groups excluding carboxylic acids is 1. The second-order valence-electron chi connectivity index (χ2n) is 3.32. The zero-order valence-electron chi connectivity index (χ0n) is 8.31. The summed E-state index contributed by atoms with van der Waals surface area (Å²) in [7, 11) is 0. The van der Waals surface area contributed by atoms with Gasteiger partial charge >= 0.3 is 0 Å². The molecule has 0 saturated carbocycles. The predicted octanol–water partition coefficient (Wildman–Crippen LogP) is 3.00. The number of rotatable bonds is 3. The molecule has 0 aliphatic carbocycles. The number of hydrogen-bond donors (Lipinski definition) is 1. The van der Waals surface area contributed by atoms with Gasteiger partial charge in [-0.1, -0.05) is 12.1 Å². The molecule has 1 heterocycles. The average Bonchev–Trinajstić information content (AvgIpc) is 2.63. The van der Waals surface area contributed by atoms with Crippen molar-refractivity contribution in [1.29, 1.82) is 0 Å². The maximum atomic E-state index is 12.7. The van der Waals surface area contributed by atoms with E-state index in [1.54, 1.807) is 17.5 Å². The maximum Gasteiger partial charge on any atom is 0.137 e. The van der Waals surface area contributed by atoms with E-state index in [0.717, 1.165) is 11.8 Å². The molecule has 0 spiro atoms. The molecular weight excluding hydrogens is 227 g/mol. The van der Waals surface area contributed by atoms with Crippen LogP contribution in [0.25, 0.3) is 10.4 Å². The third kappa shape index (κ3) is 1.97. The molecule has 0 saturated heterocycles. The first-order valence-corrected chi connectivity index (χ1v) is 5.59. The topological polar surface area (TPSA) is 37.3 Å². The number of thiophene rings is 1. The van der Waals surface area contributed by atoms with Crippen molar-refractivity contribution in [2.75, 3.05) is 0 Å². The van der Waals surface area contributed by atoms with Gasteiger partial charge in [-0.2, -0.15) is 0 Å². The lowest BCUT2D eigenvalue weighted by Crippen LogP contribution is -1.82. The third-order valence-corrected chi connectivity index (χ3v) is 3.32. The smallest absolute Gasteiger partial charge is 0.137 e. The lowest BCUT2D eigenvalue weighted by atomic mass is 10.1. The summed E-state index contributed by atoms with van der Waals surface area (Å²) in [6.45, 7) is 0. The van der Waals surface area contributed by atoms with Crippen molar-refractivity contribution in [3.05, 3.63) is 41.0 Å². The van der Waals surface area contributed by atoms with E-state index in [1.165, 1.54) is 23.5 Å². The van der Waals surface area contributed by atoms with Gasteiger partial charge < -0.3 is 9.90 Å². The number of carbonyl (C=O) groups is 1. The number of benzene rings is 1. The van der Waals surface area contributed by atoms with Crippen LogP contribution in [-0.2, 0) is 11.2 Å². The Morgan fingerprint density at radius 2 is 2.00 bits per heavy atom. The minimum Gasteiger partial charge on any atom is -0.506 e. The van der Waals surface area contributed by atoms with Gasteiger partial charge in [-0.05, 0) is 23.1 Å². The van der Waals surface area contributed by atoms with Gasteiger partial charge in [0.25, 0.3) is 0 Å². The molecule has 0 aliphatic rings. The minimum atomic E-state index is -0.312. The Balaban J connectivity index is 2.40. The molecule has 0 aliphatic heterocycles. The molecular formula is C12H9FO2S. The normalized spacial score (nSPS) is 10.3. The highest BCUT2D eigenvalue weighted by Crippen LogP contribution is 2.38. The zero-order chi connectivity index (χ0) is 11.5. The van der Waals surface area contributed by atoms with Crippen LogP contribution in [-0.4, -0.2) is 11.4 Å². The van der Waals surface area contributed by atoms with E-state index in [0.29, 0.717) is 10.4 Å². The van der Waals surface area contributed by atoms with Crippen LogP contribution >= 0.6 is 11.3 Å². The van der Waals surface area contributed by atoms with Gasteiger partial charge in [0.2, 0.25) is 0 Å². The quantitative estimate of drug-likeness (QED) is 0.832. The largest absolute Gasteiger partial charge is 0.506 e. The standard InChI is InChI=1S/C12H9FO2S/c13-10-3-1-8(2-4-10)12-11(15)9(5-6-14)7-16-12/h1-4,6-7,15H,5H2. The first kappa shape index (κ1) is 10.8. The van der Waals surface area contributed by atoms with Gasteiger partial charge in [0.1, 0.15) is 17.9 Å². The summed E-state index contributed by atoms with van der Waals surface area (Å²) in [5, 5.41) is 11.6. The van der Waals surface area contributed by atoms with Crippen molar-refractivity contribution in [3.8, 4) is 16.2 Å². The molecule has 1 aromatic heterocycles. The van der Waals surface area contributed by atoms with Crippen molar-refractivity contribution < 1.29 is 14.3 Å². The van der Waals surface area contributed by atoms with E-state index in [4.69, 9.17) is 0 Å². The van der Waals surface area contributed by atoms with E-state index >= 15 is 0 Å². The summed E-state index contributed by atoms with van der Waals surface area (Å²) in [5.74, 6) is -0.198. The number of aromatic hydroxyl groups is 1. The lowest BCUT2D eigenvalue weighted by molar-refractivity contribution is -0.107. The van der Waals surface area contributed by atoms with Crippen molar-refractivity contribution in [2.24, 2.45) is 0 Å². The Morgan fingerprint density at radius 1 is 1.31 bits per heavy atom. The Labute approximate surface area is 96.0 Å². The highest BCUT2D eigenvalue weighted by Gasteiger charge is 2.11. The van der Waals surface area contributed by atoms with Crippen LogP contribution in [0.4, 0.5) is 4.39 Å². The highest BCUT2D eigenvalue weighted by molar-refractivity contribution is 7.14. The van der Waals surface area contributed by atoms with E-state index in [1.807, 2.05) is 0 Å². The Morgan fingerprint density at radius 3 is 2.62 bits per heavy atom. The molecule has 0 radical (unpaired) electrons. The number of aldehydes is 1. The van der Waals surface area contributed by atoms with E-state index in [2.05, 4.69) is 0 Å². The molecule has 16 heavy (non-hydrogen) atoms. The molecule has 0 unspecified atom stereocenters. The van der Waals surface area contributed by atoms with Crippen molar-refractivity contribution in [3.63, 3.8) is 0 Å². The molecule has 0 amide bonds. The Bertz CT molecular complexity index is 502. The van der Waals surface area contributed by atoms with E-state index in [9.17, 15) is 14.3 Å². The van der Waals surface area contributed by atoms with Gasteiger partial charge in [0.05, 0.1) is 4.88 Å². The first-order valence-electron chi connectivity index (χ1n) is 4.71. The van der Waals surface area contributed by atoms with Crippen LogP contribution in [0.3, 0.4) is 0 Å². The predicted molar refractivity (Wildman–Crippen MR) is 61.1 cm³/mol. The van der Waals surface area contributed by atoms with Gasteiger partial charge in [0, 0.05) is 12.0 Å². The molecule has 82 valence electrons.